The maximum Gasteiger partial charge on any atom is 0.255 e. The molecule has 1 unspecified atom stereocenters. The van der Waals surface area contributed by atoms with Gasteiger partial charge in [0.1, 0.15) is 5.75 Å². The van der Waals surface area contributed by atoms with Crippen molar-refractivity contribution in [1.29, 1.82) is 0 Å². The molecule has 0 heterocycles. The first-order valence-electron chi connectivity index (χ1n) is 6.27. The van der Waals surface area contributed by atoms with Crippen LogP contribution in [-0.4, -0.2) is 52.3 Å². The molecule has 0 bridgehead atoms. The molecule has 1 amide bonds. The van der Waals surface area contributed by atoms with E-state index in [1.165, 1.54) is 21.3 Å². The average molecular weight is 362 g/mol. The second kappa shape index (κ2) is 8.74. The number of hydrogen-bond donors (Lipinski definition) is 1. The molecule has 0 saturated carbocycles. The summed E-state index contributed by atoms with van der Waals surface area (Å²) in [4.78, 5) is 12.4. The lowest BCUT2D eigenvalue weighted by atomic mass is 10.1. The fourth-order valence-corrected chi connectivity index (χ4v) is 2.14. The van der Waals surface area contributed by atoms with Gasteiger partial charge in [-0.2, -0.15) is 0 Å². The second-order valence-electron chi connectivity index (χ2n) is 4.19. The summed E-state index contributed by atoms with van der Waals surface area (Å²) in [6.07, 6.45) is 0. The molecular weight excluding hydrogens is 342 g/mol. The van der Waals surface area contributed by atoms with Gasteiger partial charge in [-0.05, 0) is 0 Å². The standard InChI is InChI=1S/C14H20BrNO5/c1-18-8-9(7-15)16-14(17)10-5-12(20-3)13(21-4)6-11(10)19-2/h5-6,9H,7-8H2,1-4H3,(H,16,17). The van der Waals surface area contributed by atoms with Crippen LogP contribution in [0, 0.1) is 0 Å². The van der Waals surface area contributed by atoms with Gasteiger partial charge in [0.05, 0.1) is 39.5 Å². The van der Waals surface area contributed by atoms with Crippen LogP contribution in [0.15, 0.2) is 12.1 Å². The van der Waals surface area contributed by atoms with Crippen molar-refractivity contribution in [2.45, 2.75) is 6.04 Å². The molecule has 21 heavy (non-hydrogen) atoms. The molecule has 0 aliphatic carbocycles. The first kappa shape index (κ1) is 17.6. The first-order valence-corrected chi connectivity index (χ1v) is 7.39. The molecule has 1 rings (SSSR count). The minimum atomic E-state index is -0.269. The predicted octanol–water partition coefficient (Wildman–Crippen LogP) is 1.85. The Hall–Kier alpha value is -1.47. The van der Waals surface area contributed by atoms with E-state index in [1.807, 2.05) is 0 Å². The fourth-order valence-electron chi connectivity index (χ4n) is 1.80. The van der Waals surface area contributed by atoms with Crippen molar-refractivity contribution in [3.05, 3.63) is 17.7 Å². The molecular formula is C14H20BrNO5. The van der Waals surface area contributed by atoms with E-state index < -0.39 is 0 Å². The van der Waals surface area contributed by atoms with Gasteiger partial charge in [-0.3, -0.25) is 4.79 Å². The number of rotatable bonds is 8. The monoisotopic (exact) mass is 361 g/mol. The highest BCUT2D eigenvalue weighted by atomic mass is 79.9. The van der Waals surface area contributed by atoms with Crippen LogP contribution in [0.25, 0.3) is 0 Å². The van der Waals surface area contributed by atoms with Crippen molar-refractivity contribution in [1.82, 2.24) is 5.32 Å². The minimum Gasteiger partial charge on any atom is -0.496 e. The lowest BCUT2D eigenvalue weighted by molar-refractivity contribution is 0.0904. The maximum absolute atomic E-state index is 12.4. The Morgan fingerprint density at radius 2 is 1.67 bits per heavy atom. The normalized spacial score (nSPS) is 11.7. The van der Waals surface area contributed by atoms with Gasteiger partial charge in [0.25, 0.3) is 5.91 Å². The summed E-state index contributed by atoms with van der Waals surface area (Å²) in [5, 5.41) is 3.45. The van der Waals surface area contributed by atoms with Gasteiger partial charge in [0.15, 0.2) is 11.5 Å². The molecule has 0 radical (unpaired) electrons. The Kier molecular flexibility index (Phi) is 7.31. The molecule has 0 fully saturated rings. The van der Waals surface area contributed by atoms with Crippen LogP contribution in [0.3, 0.4) is 0 Å². The third kappa shape index (κ3) is 4.50. The summed E-state index contributed by atoms with van der Waals surface area (Å²) in [5.41, 5.74) is 0.372. The van der Waals surface area contributed by atoms with E-state index in [9.17, 15) is 4.79 Å². The van der Waals surface area contributed by atoms with Gasteiger partial charge in [-0.1, -0.05) is 15.9 Å². The number of ether oxygens (including phenoxy) is 4. The van der Waals surface area contributed by atoms with Gasteiger partial charge >= 0.3 is 0 Å². The number of benzene rings is 1. The van der Waals surface area contributed by atoms with Crippen LogP contribution in [-0.2, 0) is 4.74 Å². The van der Waals surface area contributed by atoms with Gasteiger partial charge in [-0.25, -0.2) is 0 Å². The number of carbonyl (C=O) groups is 1. The molecule has 0 aromatic heterocycles. The summed E-state index contributed by atoms with van der Waals surface area (Å²) >= 11 is 3.33. The smallest absolute Gasteiger partial charge is 0.255 e. The first-order chi connectivity index (χ1) is 10.1. The van der Waals surface area contributed by atoms with Crippen LogP contribution in [0.4, 0.5) is 0 Å². The molecule has 0 spiro atoms. The second-order valence-corrected chi connectivity index (χ2v) is 4.83. The van der Waals surface area contributed by atoms with Crippen LogP contribution in [0.2, 0.25) is 0 Å². The van der Waals surface area contributed by atoms with Crippen molar-refractivity contribution in [3.63, 3.8) is 0 Å². The summed E-state index contributed by atoms with van der Waals surface area (Å²) in [7, 11) is 6.11. The molecule has 1 atom stereocenters. The van der Waals surface area contributed by atoms with E-state index in [1.54, 1.807) is 19.2 Å². The van der Waals surface area contributed by atoms with E-state index in [4.69, 9.17) is 18.9 Å². The van der Waals surface area contributed by atoms with E-state index in [-0.39, 0.29) is 11.9 Å². The highest BCUT2D eigenvalue weighted by Crippen LogP contribution is 2.34. The van der Waals surface area contributed by atoms with Crippen LogP contribution in [0.5, 0.6) is 17.2 Å². The number of halogens is 1. The number of methoxy groups -OCH3 is 4. The quantitative estimate of drug-likeness (QED) is 0.715. The third-order valence-electron chi connectivity index (χ3n) is 2.84. The van der Waals surface area contributed by atoms with E-state index in [2.05, 4.69) is 21.2 Å². The lowest BCUT2D eigenvalue weighted by Crippen LogP contribution is -2.39. The van der Waals surface area contributed by atoms with Gasteiger partial charge in [-0.15, -0.1) is 0 Å². The van der Waals surface area contributed by atoms with E-state index in [0.29, 0.717) is 34.7 Å². The summed E-state index contributed by atoms with van der Waals surface area (Å²) in [6.45, 7) is 0.409. The molecule has 7 heteroatoms. The zero-order chi connectivity index (χ0) is 15.8. The van der Waals surface area contributed by atoms with Crippen molar-refractivity contribution in [3.8, 4) is 17.2 Å². The zero-order valence-corrected chi connectivity index (χ0v) is 14.2. The van der Waals surface area contributed by atoms with Crippen molar-refractivity contribution < 1.29 is 23.7 Å². The molecule has 1 aromatic carbocycles. The molecule has 1 N–H and O–H groups in total. The summed E-state index contributed by atoms with van der Waals surface area (Å²) in [5.74, 6) is 1.11. The lowest BCUT2D eigenvalue weighted by Gasteiger charge is -2.18. The molecule has 6 nitrogen and oxygen atoms in total. The predicted molar refractivity (Wildman–Crippen MR) is 83.0 cm³/mol. The summed E-state index contributed by atoms with van der Waals surface area (Å²) < 4.78 is 20.7. The highest BCUT2D eigenvalue weighted by Gasteiger charge is 2.20. The largest absolute Gasteiger partial charge is 0.496 e. The Morgan fingerprint density at radius 1 is 1.10 bits per heavy atom. The van der Waals surface area contributed by atoms with Gasteiger partial charge in [0.2, 0.25) is 0 Å². The Labute approximate surface area is 132 Å². The SMILES string of the molecule is COCC(CBr)NC(=O)c1cc(OC)c(OC)cc1OC. The van der Waals surface area contributed by atoms with Crippen molar-refractivity contribution in [2.24, 2.45) is 0 Å². The zero-order valence-electron chi connectivity index (χ0n) is 12.6. The number of hydrogen-bond acceptors (Lipinski definition) is 5. The van der Waals surface area contributed by atoms with Crippen LogP contribution in [0.1, 0.15) is 10.4 Å². The summed E-state index contributed by atoms with van der Waals surface area (Å²) in [6, 6.07) is 3.07. The van der Waals surface area contributed by atoms with E-state index in [0.717, 1.165) is 0 Å². The molecule has 0 saturated heterocycles. The van der Waals surface area contributed by atoms with Crippen molar-refractivity contribution in [2.75, 3.05) is 40.4 Å². The van der Waals surface area contributed by atoms with Gasteiger partial charge in [0, 0.05) is 24.6 Å². The third-order valence-corrected chi connectivity index (χ3v) is 3.62. The average Bonchev–Trinajstić information content (AvgIpc) is 2.52. The van der Waals surface area contributed by atoms with Gasteiger partial charge < -0.3 is 24.3 Å². The Morgan fingerprint density at radius 3 is 2.14 bits per heavy atom. The van der Waals surface area contributed by atoms with E-state index >= 15 is 0 Å². The topological polar surface area (TPSA) is 66.0 Å². The number of carbonyl (C=O) groups excluding carboxylic acids is 1. The molecule has 0 aliphatic heterocycles. The fraction of sp³-hybridized carbons (Fsp3) is 0.500. The minimum absolute atomic E-state index is 0.139. The molecule has 118 valence electrons. The Bertz CT molecular complexity index is 481. The van der Waals surface area contributed by atoms with Crippen molar-refractivity contribution >= 4 is 21.8 Å². The number of alkyl halides is 1. The Balaban J connectivity index is 3.07. The number of amides is 1. The number of nitrogens with one attached hydrogen (secondary N) is 1. The van der Waals surface area contributed by atoms with Crippen LogP contribution >= 0.6 is 15.9 Å². The highest BCUT2D eigenvalue weighted by molar-refractivity contribution is 9.09. The molecule has 0 aliphatic rings. The molecule has 1 aromatic rings. The van der Waals surface area contributed by atoms with Crippen LogP contribution < -0.4 is 19.5 Å². The maximum atomic E-state index is 12.4.